The Morgan fingerprint density at radius 1 is 1.44 bits per heavy atom. The van der Waals surface area contributed by atoms with Gasteiger partial charge in [0.15, 0.2) is 6.10 Å². The fourth-order valence-corrected chi connectivity index (χ4v) is 3.57. The maximum atomic E-state index is 13.4. The van der Waals surface area contributed by atoms with Crippen LogP contribution in [0.4, 0.5) is 4.39 Å². The molecule has 1 aromatic carbocycles. The standard InChI is InChI=1S/C18H24FN3O3/c1-3-22-15-5-4-13(19)10-14(15)20-16(22)11-21-8-6-12(7-9-21)17(23)18(24)25-2/h4-5,10,12,17,23H,3,6-9,11H2,1-2H3. The van der Waals surface area contributed by atoms with E-state index in [-0.39, 0.29) is 11.7 Å². The molecule has 2 aromatic rings. The molecule has 0 aliphatic carbocycles. The summed E-state index contributed by atoms with van der Waals surface area (Å²) in [5.74, 6) is 0.00326. The lowest BCUT2D eigenvalue weighted by Crippen LogP contribution is -2.40. The number of fused-ring (bicyclic) bond motifs is 1. The number of hydrogen-bond donors (Lipinski definition) is 1. The van der Waals surface area contributed by atoms with Gasteiger partial charge in [0.1, 0.15) is 11.6 Å². The molecule has 2 heterocycles. The van der Waals surface area contributed by atoms with Crippen molar-refractivity contribution in [3.8, 4) is 0 Å². The highest BCUT2D eigenvalue weighted by atomic mass is 19.1. The summed E-state index contributed by atoms with van der Waals surface area (Å²) in [5.41, 5.74) is 1.61. The molecule has 1 fully saturated rings. The summed E-state index contributed by atoms with van der Waals surface area (Å²) in [5, 5.41) is 9.98. The predicted molar refractivity (Wildman–Crippen MR) is 91.4 cm³/mol. The third kappa shape index (κ3) is 3.67. The van der Waals surface area contributed by atoms with Gasteiger partial charge in [-0.3, -0.25) is 4.90 Å². The topological polar surface area (TPSA) is 67.6 Å². The quantitative estimate of drug-likeness (QED) is 0.836. The number of piperidine rings is 1. The van der Waals surface area contributed by atoms with E-state index in [2.05, 4.69) is 19.2 Å². The summed E-state index contributed by atoms with van der Waals surface area (Å²) in [7, 11) is 1.29. The first-order valence-corrected chi connectivity index (χ1v) is 8.66. The van der Waals surface area contributed by atoms with Gasteiger partial charge >= 0.3 is 5.97 Å². The van der Waals surface area contributed by atoms with Crippen molar-refractivity contribution in [1.29, 1.82) is 0 Å². The number of carbonyl (C=O) groups is 1. The molecule has 0 bridgehead atoms. The van der Waals surface area contributed by atoms with Crippen molar-refractivity contribution in [3.63, 3.8) is 0 Å². The molecule has 3 rings (SSSR count). The second kappa shape index (κ2) is 7.49. The van der Waals surface area contributed by atoms with Gasteiger partial charge in [0, 0.05) is 12.6 Å². The fourth-order valence-electron chi connectivity index (χ4n) is 3.57. The summed E-state index contributed by atoms with van der Waals surface area (Å²) in [6.07, 6.45) is 0.421. The number of aliphatic hydroxyl groups excluding tert-OH is 1. The summed E-state index contributed by atoms with van der Waals surface area (Å²) in [6, 6.07) is 4.69. The highest BCUT2D eigenvalue weighted by Gasteiger charge is 2.30. The molecule has 0 radical (unpaired) electrons. The third-order valence-electron chi connectivity index (χ3n) is 4.99. The average molecular weight is 349 g/mol. The van der Waals surface area contributed by atoms with E-state index in [0.29, 0.717) is 12.1 Å². The first kappa shape index (κ1) is 17.8. The van der Waals surface area contributed by atoms with E-state index in [1.165, 1.54) is 19.2 Å². The molecule has 7 heteroatoms. The van der Waals surface area contributed by atoms with Gasteiger partial charge in [0.25, 0.3) is 0 Å². The number of esters is 1. The lowest BCUT2D eigenvalue weighted by molar-refractivity contribution is -0.154. The van der Waals surface area contributed by atoms with Crippen LogP contribution in [0.25, 0.3) is 11.0 Å². The monoisotopic (exact) mass is 349 g/mol. The highest BCUT2D eigenvalue weighted by molar-refractivity contribution is 5.76. The Morgan fingerprint density at radius 2 is 2.16 bits per heavy atom. The number of rotatable bonds is 5. The van der Waals surface area contributed by atoms with Crippen LogP contribution < -0.4 is 0 Å². The smallest absolute Gasteiger partial charge is 0.334 e. The summed E-state index contributed by atoms with van der Waals surface area (Å²) in [6.45, 7) is 5.05. The Labute approximate surface area is 146 Å². The molecule has 1 aliphatic heterocycles. The number of imidazole rings is 1. The highest BCUT2D eigenvalue weighted by Crippen LogP contribution is 2.24. The molecule has 136 valence electrons. The molecular weight excluding hydrogens is 325 g/mol. The number of aromatic nitrogens is 2. The zero-order chi connectivity index (χ0) is 18.0. The molecule has 1 aromatic heterocycles. The van der Waals surface area contributed by atoms with E-state index >= 15 is 0 Å². The Morgan fingerprint density at radius 3 is 2.80 bits per heavy atom. The van der Waals surface area contributed by atoms with Gasteiger partial charge < -0.3 is 14.4 Å². The zero-order valence-electron chi connectivity index (χ0n) is 14.6. The molecule has 25 heavy (non-hydrogen) atoms. The third-order valence-corrected chi connectivity index (χ3v) is 4.99. The minimum Gasteiger partial charge on any atom is -0.467 e. The van der Waals surface area contributed by atoms with Crippen LogP contribution in [0.2, 0.25) is 0 Å². The second-order valence-electron chi connectivity index (χ2n) is 6.49. The predicted octanol–water partition coefficient (Wildman–Crippen LogP) is 1.94. The van der Waals surface area contributed by atoms with Gasteiger partial charge in [0.2, 0.25) is 0 Å². The van der Waals surface area contributed by atoms with Gasteiger partial charge in [-0.25, -0.2) is 14.2 Å². The minimum absolute atomic E-state index is 0.0669. The fraction of sp³-hybridized carbons (Fsp3) is 0.556. The van der Waals surface area contributed by atoms with Crippen LogP contribution >= 0.6 is 0 Å². The van der Waals surface area contributed by atoms with Crippen LogP contribution in [0.1, 0.15) is 25.6 Å². The first-order chi connectivity index (χ1) is 12.0. The molecule has 0 amide bonds. The maximum Gasteiger partial charge on any atom is 0.334 e. The van der Waals surface area contributed by atoms with E-state index in [4.69, 9.17) is 0 Å². The number of likely N-dealkylation sites (tertiary alicyclic amines) is 1. The lowest BCUT2D eigenvalue weighted by atomic mass is 9.91. The van der Waals surface area contributed by atoms with Crippen LogP contribution in [0.3, 0.4) is 0 Å². The number of ether oxygens (including phenoxy) is 1. The second-order valence-corrected chi connectivity index (χ2v) is 6.49. The van der Waals surface area contributed by atoms with Gasteiger partial charge in [0.05, 0.1) is 24.7 Å². The SMILES string of the molecule is CCn1c(CN2CCC(C(O)C(=O)OC)CC2)nc2cc(F)ccc21. The van der Waals surface area contributed by atoms with Crippen LogP contribution in [-0.2, 0) is 22.6 Å². The van der Waals surface area contributed by atoms with Crippen molar-refractivity contribution in [2.24, 2.45) is 5.92 Å². The Hall–Kier alpha value is -1.99. The normalized spacial score (nSPS) is 17.8. The lowest BCUT2D eigenvalue weighted by Gasteiger charge is -2.33. The number of nitrogens with zero attached hydrogens (tertiary/aromatic N) is 3. The van der Waals surface area contributed by atoms with Crippen molar-refractivity contribution < 1.29 is 19.0 Å². The van der Waals surface area contributed by atoms with E-state index in [1.807, 2.05) is 6.92 Å². The van der Waals surface area contributed by atoms with E-state index in [1.54, 1.807) is 6.07 Å². The Kier molecular flexibility index (Phi) is 5.34. The van der Waals surface area contributed by atoms with Crippen molar-refractivity contribution in [2.45, 2.75) is 39.0 Å². The number of aryl methyl sites for hydroxylation is 1. The molecular formula is C18H24FN3O3. The number of aliphatic hydroxyl groups is 1. The van der Waals surface area contributed by atoms with Gasteiger partial charge in [-0.1, -0.05) is 0 Å². The minimum atomic E-state index is -1.05. The molecule has 1 aliphatic rings. The van der Waals surface area contributed by atoms with Gasteiger partial charge in [-0.15, -0.1) is 0 Å². The number of carbonyl (C=O) groups excluding carboxylic acids is 1. The largest absolute Gasteiger partial charge is 0.467 e. The summed E-state index contributed by atoms with van der Waals surface area (Å²) >= 11 is 0. The van der Waals surface area contributed by atoms with Crippen LogP contribution in [0.15, 0.2) is 18.2 Å². The molecule has 1 unspecified atom stereocenters. The van der Waals surface area contributed by atoms with Crippen LogP contribution in [0.5, 0.6) is 0 Å². The molecule has 6 nitrogen and oxygen atoms in total. The molecule has 0 spiro atoms. The van der Waals surface area contributed by atoms with E-state index < -0.39 is 12.1 Å². The maximum absolute atomic E-state index is 13.4. The van der Waals surface area contributed by atoms with E-state index in [0.717, 1.165) is 43.8 Å². The van der Waals surface area contributed by atoms with Gasteiger partial charge in [-0.05, 0) is 50.9 Å². The Balaban J connectivity index is 1.68. The van der Waals surface area contributed by atoms with Crippen LogP contribution in [-0.4, -0.2) is 51.8 Å². The van der Waals surface area contributed by atoms with Crippen molar-refractivity contribution in [2.75, 3.05) is 20.2 Å². The zero-order valence-corrected chi connectivity index (χ0v) is 14.6. The number of halogens is 1. The van der Waals surface area contributed by atoms with Gasteiger partial charge in [-0.2, -0.15) is 0 Å². The molecule has 1 N–H and O–H groups in total. The first-order valence-electron chi connectivity index (χ1n) is 8.66. The van der Waals surface area contributed by atoms with Crippen molar-refractivity contribution in [1.82, 2.24) is 14.5 Å². The Bertz CT molecular complexity index is 753. The summed E-state index contributed by atoms with van der Waals surface area (Å²) in [4.78, 5) is 18.3. The molecule has 1 saturated heterocycles. The molecule has 0 saturated carbocycles. The number of methoxy groups -OCH3 is 1. The van der Waals surface area contributed by atoms with E-state index in [9.17, 15) is 14.3 Å². The number of hydrogen-bond acceptors (Lipinski definition) is 5. The summed E-state index contributed by atoms with van der Waals surface area (Å²) < 4.78 is 20.1. The van der Waals surface area contributed by atoms with Crippen LogP contribution in [0, 0.1) is 11.7 Å². The van der Waals surface area contributed by atoms with Crippen molar-refractivity contribution >= 4 is 17.0 Å². The number of benzene rings is 1. The molecule has 1 atom stereocenters. The average Bonchev–Trinajstić information content (AvgIpc) is 2.96. The van der Waals surface area contributed by atoms with Crippen molar-refractivity contribution in [3.05, 3.63) is 29.8 Å².